The van der Waals surface area contributed by atoms with Crippen molar-refractivity contribution in [1.82, 2.24) is 14.8 Å². The molecule has 0 radical (unpaired) electrons. The minimum absolute atomic E-state index is 0.203. The molecule has 0 spiro atoms. The van der Waals surface area contributed by atoms with Crippen molar-refractivity contribution >= 4 is 34.5 Å². The molecule has 2 aromatic carbocycles. The van der Waals surface area contributed by atoms with Gasteiger partial charge in [-0.2, -0.15) is 5.10 Å². The molecule has 168 valence electrons. The molecule has 2 aromatic heterocycles. The normalized spacial score (nSPS) is 11.6. The first-order valence-electron chi connectivity index (χ1n) is 10.3. The van der Waals surface area contributed by atoms with Crippen LogP contribution in [-0.4, -0.2) is 26.6 Å². The number of aryl methyl sites for hydroxylation is 1. The molecule has 1 unspecified atom stereocenters. The van der Waals surface area contributed by atoms with Gasteiger partial charge in [0.15, 0.2) is 0 Å². The number of ether oxygens (including phenoxy) is 1. The van der Waals surface area contributed by atoms with Crippen molar-refractivity contribution in [1.29, 1.82) is 0 Å². The highest BCUT2D eigenvalue weighted by molar-refractivity contribution is 7.09. The zero-order chi connectivity index (χ0) is 23.2. The van der Waals surface area contributed by atoms with Crippen LogP contribution < -0.4 is 15.4 Å². The minimum Gasteiger partial charge on any atom is -0.487 e. The molecule has 4 rings (SSSR count). The second-order valence-corrected chi connectivity index (χ2v) is 8.42. The van der Waals surface area contributed by atoms with Gasteiger partial charge >= 0.3 is 0 Å². The van der Waals surface area contributed by atoms with E-state index in [1.807, 2.05) is 12.3 Å². The van der Waals surface area contributed by atoms with Crippen molar-refractivity contribution in [3.8, 4) is 5.75 Å². The van der Waals surface area contributed by atoms with Crippen molar-refractivity contribution < 1.29 is 14.3 Å². The Hall–Kier alpha value is -3.98. The predicted octanol–water partition coefficient (Wildman–Crippen LogP) is 4.68. The molecule has 0 saturated heterocycles. The number of hydrogen-bond donors (Lipinski definition) is 2. The fourth-order valence-corrected chi connectivity index (χ4v) is 3.69. The lowest BCUT2D eigenvalue weighted by Gasteiger charge is -2.13. The van der Waals surface area contributed by atoms with Crippen LogP contribution in [0.3, 0.4) is 0 Å². The van der Waals surface area contributed by atoms with E-state index in [-0.39, 0.29) is 11.8 Å². The number of nitrogens with zero attached hydrogens (tertiary/aromatic N) is 3. The van der Waals surface area contributed by atoms with Crippen molar-refractivity contribution in [2.24, 2.45) is 0 Å². The van der Waals surface area contributed by atoms with Gasteiger partial charge in [-0.1, -0.05) is 6.07 Å². The third-order valence-corrected chi connectivity index (χ3v) is 5.68. The molecule has 0 aliphatic carbocycles. The topological polar surface area (TPSA) is 98.1 Å². The van der Waals surface area contributed by atoms with Crippen LogP contribution in [-0.2, 0) is 11.4 Å². The lowest BCUT2D eigenvalue weighted by atomic mass is 10.2. The van der Waals surface area contributed by atoms with E-state index in [4.69, 9.17) is 4.74 Å². The Balaban J connectivity index is 1.33. The van der Waals surface area contributed by atoms with E-state index in [1.54, 1.807) is 89.9 Å². The van der Waals surface area contributed by atoms with E-state index >= 15 is 0 Å². The van der Waals surface area contributed by atoms with Gasteiger partial charge in [-0.25, -0.2) is 4.98 Å². The first-order chi connectivity index (χ1) is 16.0. The standard InChI is InChI=1S/C24H23N5O3S/c1-16(29-12-4-11-25-29)23(30)27-19-5-3-6-20(13-19)28-24(31)18-7-9-22(10-8-18)32-14-21-15-33-17(2)26-21/h3-13,15-16H,14H2,1-2H3,(H,27,30)(H,28,31). The quantitative estimate of drug-likeness (QED) is 0.397. The molecular formula is C24H23N5O3S. The summed E-state index contributed by atoms with van der Waals surface area (Å²) in [5.74, 6) is 0.198. The van der Waals surface area contributed by atoms with Crippen molar-refractivity contribution in [3.63, 3.8) is 0 Å². The van der Waals surface area contributed by atoms with Gasteiger partial charge < -0.3 is 15.4 Å². The first kappa shape index (κ1) is 22.2. The number of carbonyl (C=O) groups is 2. The molecule has 8 nitrogen and oxygen atoms in total. The number of rotatable bonds is 8. The number of anilines is 2. The van der Waals surface area contributed by atoms with Crippen LogP contribution >= 0.6 is 11.3 Å². The summed E-state index contributed by atoms with van der Waals surface area (Å²) in [5, 5.41) is 12.8. The number of amides is 2. The van der Waals surface area contributed by atoms with Crippen LogP contribution in [0.1, 0.15) is 34.0 Å². The highest BCUT2D eigenvalue weighted by atomic mass is 32.1. The fraction of sp³-hybridized carbons (Fsp3) is 0.167. The number of benzene rings is 2. The third kappa shape index (κ3) is 5.83. The van der Waals surface area contributed by atoms with Crippen LogP contribution in [0.2, 0.25) is 0 Å². The number of carbonyl (C=O) groups excluding carboxylic acids is 2. The van der Waals surface area contributed by atoms with Crippen molar-refractivity contribution in [2.45, 2.75) is 26.5 Å². The van der Waals surface area contributed by atoms with E-state index < -0.39 is 6.04 Å². The Labute approximate surface area is 195 Å². The molecule has 33 heavy (non-hydrogen) atoms. The number of thiazole rings is 1. The molecule has 0 saturated carbocycles. The Morgan fingerprint density at radius 1 is 1.09 bits per heavy atom. The van der Waals surface area contributed by atoms with Crippen LogP contribution in [0.15, 0.2) is 72.4 Å². The summed E-state index contributed by atoms with van der Waals surface area (Å²) in [4.78, 5) is 29.5. The maximum absolute atomic E-state index is 12.6. The smallest absolute Gasteiger partial charge is 0.255 e. The van der Waals surface area contributed by atoms with Crippen LogP contribution in [0.5, 0.6) is 5.75 Å². The monoisotopic (exact) mass is 461 g/mol. The summed E-state index contributed by atoms with van der Waals surface area (Å²) in [6, 6.07) is 15.2. The third-order valence-electron chi connectivity index (χ3n) is 4.86. The van der Waals surface area contributed by atoms with Gasteiger partial charge in [0.2, 0.25) is 5.91 Å². The molecule has 0 aliphatic rings. The molecule has 2 heterocycles. The highest BCUT2D eigenvalue weighted by Crippen LogP contribution is 2.19. The largest absolute Gasteiger partial charge is 0.487 e. The Kier molecular flexibility index (Phi) is 6.80. The zero-order valence-corrected chi connectivity index (χ0v) is 19.0. The lowest BCUT2D eigenvalue weighted by molar-refractivity contribution is -0.119. The van der Waals surface area contributed by atoms with E-state index in [0.717, 1.165) is 10.7 Å². The van der Waals surface area contributed by atoms with Crippen LogP contribution in [0.25, 0.3) is 0 Å². The molecule has 2 N–H and O–H groups in total. The summed E-state index contributed by atoms with van der Waals surface area (Å²) < 4.78 is 7.30. The van der Waals surface area contributed by atoms with Gasteiger partial charge in [-0.05, 0) is 62.4 Å². The molecule has 9 heteroatoms. The summed E-state index contributed by atoms with van der Waals surface area (Å²) in [6.07, 6.45) is 3.36. The van der Waals surface area contributed by atoms with Gasteiger partial charge in [-0.3, -0.25) is 14.3 Å². The van der Waals surface area contributed by atoms with Crippen LogP contribution in [0.4, 0.5) is 11.4 Å². The maximum atomic E-state index is 12.6. The molecule has 0 fully saturated rings. The maximum Gasteiger partial charge on any atom is 0.255 e. The van der Waals surface area contributed by atoms with Crippen LogP contribution in [0, 0.1) is 6.92 Å². The summed E-state index contributed by atoms with van der Waals surface area (Å²) in [7, 11) is 0. The Bertz CT molecular complexity index is 1240. The second kappa shape index (κ2) is 10.1. The van der Waals surface area contributed by atoms with E-state index in [9.17, 15) is 9.59 Å². The fourth-order valence-electron chi connectivity index (χ4n) is 3.09. The molecular weight excluding hydrogens is 438 g/mol. The zero-order valence-electron chi connectivity index (χ0n) is 18.2. The van der Waals surface area contributed by atoms with Gasteiger partial charge in [0, 0.05) is 34.7 Å². The Morgan fingerprint density at radius 3 is 2.52 bits per heavy atom. The van der Waals surface area contributed by atoms with Crippen molar-refractivity contribution in [3.05, 3.63) is 88.6 Å². The number of nitrogens with one attached hydrogen (secondary N) is 2. The molecule has 1 atom stereocenters. The highest BCUT2D eigenvalue weighted by Gasteiger charge is 2.15. The van der Waals surface area contributed by atoms with Crippen molar-refractivity contribution in [2.75, 3.05) is 10.6 Å². The first-order valence-corrected chi connectivity index (χ1v) is 11.2. The molecule has 4 aromatic rings. The average molecular weight is 462 g/mol. The van der Waals surface area contributed by atoms with E-state index in [0.29, 0.717) is 29.3 Å². The number of hydrogen-bond acceptors (Lipinski definition) is 6. The van der Waals surface area contributed by atoms with Gasteiger partial charge in [-0.15, -0.1) is 11.3 Å². The van der Waals surface area contributed by atoms with Gasteiger partial charge in [0.1, 0.15) is 18.4 Å². The summed E-state index contributed by atoms with van der Waals surface area (Å²) in [6.45, 7) is 4.10. The minimum atomic E-state index is -0.460. The van der Waals surface area contributed by atoms with Gasteiger partial charge in [0.05, 0.1) is 10.7 Å². The summed E-state index contributed by atoms with van der Waals surface area (Å²) in [5.41, 5.74) is 2.53. The van der Waals surface area contributed by atoms with Gasteiger partial charge in [0.25, 0.3) is 5.91 Å². The Morgan fingerprint density at radius 2 is 1.85 bits per heavy atom. The molecule has 2 amide bonds. The average Bonchev–Trinajstić information content (AvgIpc) is 3.50. The molecule has 0 aliphatic heterocycles. The predicted molar refractivity (Wildman–Crippen MR) is 128 cm³/mol. The lowest BCUT2D eigenvalue weighted by Crippen LogP contribution is -2.24. The van der Waals surface area contributed by atoms with E-state index in [2.05, 4.69) is 20.7 Å². The number of aromatic nitrogens is 3. The van der Waals surface area contributed by atoms with E-state index in [1.165, 1.54) is 0 Å². The SMILES string of the molecule is Cc1nc(COc2ccc(C(=O)Nc3cccc(NC(=O)C(C)n4cccn4)c3)cc2)cs1. The molecule has 0 bridgehead atoms. The summed E-state index contributed by atoms with van der Waals surface area (Å²) >= 11 is 1.58. The second-order valence-electron chi connectivity index (χ2n) is 7.36.